The smallest absolute Gasteiger partial charge is 0.253 e. The highest BCUT2D eigenvalue weighted by Gasteiger charge is 2.24. The van der Waals surface area contributed by atoms with Crippen LogP contribution in [0, 0.1) is 5.92 Å². The van der Waals surface area contributed by atoms with Gasteiger partial charge in [0.25, 0.3) is 5.91 Å². The summed E-state index contributed by atoms with van der Waals surface area (Å²) in [5.74, 6) is -0.102. The number of hydrogen-bond acceptors (Lipinski definition) is 5. The van der Waals surface area contributed by atoms with Gasteiger partial charge in [-0.25, -0.2) is 4.68 Å². The topological polar surface area (TPSA) is 79.7 Å². The third-order valence-electron chi connectivity index (χ3n) is 6.22. The molecule has 0 radical (unpaired) electrons. The van der Waals surface area contributed by atoms with Gasteiger partial charge in [-0.3, -0.25) is 9.59 Å². The number of piperazine rings is 1. The summed E-state index contributed by atoms with van der Waals surface area (Å²) in [6, 6.07) is 17.7. The first kappa shape index (κ1) is 21.2. The van der Waals surface area contributed by atoms with Crippen molar-refractivity contribution >= 4 is 23.2 Å². The maximum absolute atomic E-state index is 13.0. The minimum Gasteiger partial charge on any atom is -0.381 e. The normalized spacial score (nSPS) is 18.4. The summed E-state index contributed by atoms with van der Waals surface area (Å²) in [4.78, 5) is 29.4. The molecule has 2 saturated heterocycles. The molecule has 1 aromatic heterocycles. The Labute approximate surface area is 192 Å². The number of nitrogens with zero attached hydrogens (tertiary/aromatic N) is 4. The summed E-state index contributed by atoms with van der Waals surface area (Å²) < 4.78 is 6.96. The van der Waals surface area contributed by atoms with E-state index in [0.717, 1.165) is 25.2 Å². The van der Waals surface area contributed by atoms with Crippen LogP contribution < -0.4 is 10.2 Å². The number of amides is 2. The molecule has 8 heteroatoms. The van der Waals surface area contributed by atoms with Crippen molar-refractivity contribution in [1.29, 1.82) is 0 Å². The van der Waals surface area contributed by atoms with E-state index in [9.17, 15) is 9.59 Å². The average Bonchev–Trinajstić information content (AvgIpc) is 3.57. The Bertz CT molecular complexity index is 1100. The third kappa shape index (κ3) is 4.75. The number of carbonyl (C=O) groups excluding carboxylic acids is 2. The first-order valence-corrected chi connectivity index (χ1v) is 11.3. The molecule has 3 heterocycles. The highest BCUT2D eigenvalue weighted by Crippen LogP contribution is 2.19. The van der Waals surface area contributed by atoms with Gasteiger partial charge < -0.3 is 19.9 Å². The Morgan fingerprint density at radius 2 is 1.70 bits per heavy atom. The molecule has 0 saturated carbocycles. The van der Waals surface area contributed by atoms with E-state index in [1.165, 1.54) is 5.69 Å². The van der Waals surface area contributed by atoms with Gasteiger partial charge in [0.1, 0.15) is 0 Å². The Hall–Kier alpha value is -3.65. The maximum atomic E-state index is 13.0. The van der Waals surface area contributed by atoms with E-state index in [1.54, 1.807) is 17.1 Å². The van der Waals surface area contributed by atoms with E-state index in [0.29, 0.717) is 37.6 Å². The lowest BCUT2D eigenvalue weighted by molar-refractivity contribution is -0.119. The van der Waals surface area contributed by atoms with Gasteiger partial charge in [-0.1, -0.05) is 18.2 Å². The Morgan fingerprint density at radius 1 is 0.939 bits per heavy atom. The molecule has 0 unspecified atom stereocenters. The molecule has 5 rings (SSSR count). The van der Waals surface area contributed by atoms with Gasteiger partial charge in [0.2, 0.25) is 5.91 Å². The van der Waals surface area contributed by atoms with Crippen molar-refractivity contribution in [1.82, 2.24) is 14.7 Å². The zero-order valence-corrected chi connectivity index (χ0v) is 18.4. The van der Waals surface area contributed by atoms with Crippen LogP contribution in [0.1, 0.15) is 16.8 Å². The van der Waals surface area contributed by atoms with E-state index in [1.807, 2.05) is 47.4 Å². The predicted octanol–water partition coefficient (Wildman–Crippen LogP) is 2.81. The molecule has 2 aromatic carbocycles. The summed E-state index contributed by atoms with van der Waals surface area (Å²) in [6.07, 6.45) is 4.14. The molecule has 1 atom stereocenters. The quantitative estimate of drug-likeness (QED) is 0.653. The number of ether oxygens (including phenoxy) is 1. The van der Waals surface area contributed by atoms with Crippen LogP contribution in [0.3, 0.4) is 0 Å². The molecule has 8 nitrogen and oxygen atoms in total. The summed E-state index contributed by atoms with van der Waals surface area (Å²) >= 11 is 0. The molecule has 33 heavy (non-hydrogen) atoms. The molecule has 2 aliphatic rings. The van der Waals surface area contributed by atoms with E-state index < -0.39 is 0 Å². The van der Waals surface area contributed by atoms with Gasteiger partial charge in [0.15, 0.2) is 0 Å². The van der Waals surface area contributed by atoms with Crippen LogP contribution in [0.5, 0.6) is 0 Å². The Morgan fingerprint density at radius 3 is 2.39 bits per heavy atom. The first-order chi connectivity index (χ1) is 16.2. The molecule has 170 valence electrons. The van der Waals surface area contributed by atoms with Crippen LogP contribution in [-0.2, 0) is 9.53 Å². The van der Waals surface area contributed by atoms with Crippen molar-refractivity contribution in [2.45, 2.75) is 6.42 Å². The second kappa shape index (κ2) is 9.46. The maximum Gasteiger partial charge on any atom is 0.253 e. The van der Waals surface area contributed by atoms with Crippen molar-refractivity contribution in [3.8, 4) is 5.69 Å². The first-order valence-electron chi connectivity index (χ1n) is 11.3. The van der Waals surface area contributed by atoms with Crippen LogP contribution in [0.25, 0.3) is 5.69 Å². The highest BCUT2D eigenvalue weighted by atomic mass is 16.5. The summed E-state index contributed by atoms with van der Waals surface area (Å²) in [5, 5.41) is 7.23. The third-order valence-corrected chi connectivity index (χ3v) is 6.22. The standard InChI is InChI=1S/C25H27N5O3/c31-24(20-10-15-33-18-20)27-21-16-26-30(17-21)23-8-6-19(7-9-23)25(32)29-13-11-28(12-14-29)22-4-2-1-3-5-22/h1-9,16-17,20H,10-15,18H2,(H,27,31)/t20-/m1/s1. The molecule has 2 fully saturated rings. The van der Waals surface area contributed by atoms with Crippen molar-refractivity contribution in [3.05, 3.63) is 72.6 Å². The van der Waals surface area contributed by atoms with Gasteiger partial charge in [0.05, 0.1) is 36.3 Å². The van der Waals surface area contributed by atoms with Crippen molar-refractivity contribution < 1.29 is 14.3 Å². The second-order valence-electron chi connectivity index (χ2n) is 8.39. The van der Waals surface area contributed by atoms with E-state index in [4.69, 9.17) is 4.74 Å². The van der Waals surface area contributed by atoms with Gasteiger partial charge in [0, 0.05) is 44.0 Å². The molecule has 0 bridgehead atoms. The minimum absolute atomic E-state index is 0.0413. The number of aromatic nitrogens is 2. The van der Waals surface area contributed by atoms with Crippen LogP contribution in [0.2, 0.25) is 0 Å². The highest BCUT2D eigenvalue weighted by molar-refractivity contribution is 5.94. The monoisotopic (exact) mass is 445 g/mol. The van der Waals surface area contributed by atoms with Gasteiger partial charge in [-0.05, 0) is 42.8 Å². The molecular weight excluding hydrogens is 418 g/mol. The van der Waals surface area contributed by atoms with Crippen molar-refractivity contribution in [2.24, 2.45) is 5.92 Å². The lowest BCUT2D eigenvalue weighted by Gasteiger charge is -2.36. The fourth-order valence-electron chi connectivity index (χ4n) is 4.26. The van der Waals surface area contributed by atoms with Gasteiger partial charge in [-0.2, -0.15) is 5.10 Å². The molecule has 0 spiro atoms. The van der Waals surface area contributed by atoms with E-state index in [-0.39, 0.29) is 17.7 Å². The molecule has 2 amide bonds. The van der Waals surface area contributed by atoms with Crippen molar-refractivity contribution in [3.63, 3.8) is 0 Å². The molecular formula is C25H27N5O3. The zero-order chi connectivity index (χ0) is 22.6. The van der Waals surface area contributed by atoms with Gasteiger partial charge in [-0.15, -0.1) is 0 Å². The molecule has 1 N–H and O–H groups in total. The lowest BCUT2D eigenvalue weighted by atomic mass is 10.1. The lowest BCUT2D eigenvalue weighted by Crippen LogP contribution is -2.48. The number of para-hydroxylation sites is 1. The Kier molecular flexibility index (Phi) is 6.08. The summed E-state index contributed by atoms with van der Waals surface area (Å²) in [7, 11) is 0. The zero-order valence-electron chi connectivity index (χ0n) is 18.4. The number of benzene rings is 2. The van der Waals surface area contributed by atoms with Crippen LogP contribution in [0.15, 0.2) is 67.0 Å². The molecule has 0 aliphatic carbocycles. The summed E-state index contributed by atoms with van der Waals surface area (Å²) in [5.41, 5.74) is 3.32. The van der Waals surface area contributed by atoms with Crippen LogP contribution in [0.4, 0.5) is 11.4 Å². The fourth-order valence-corrected chi connectivity index (χ4v) is 4.26. The van der Waals surface area contributed by atoms with Crippen LogP contribution in [-0.4, -0.2) is 65.9 Å². The molecule has 3 aromatic rings. The minimum atomic E-state index is -0.104. The number of hydrogen-bond donors (Lipinski definition) is 1. The Balaban J connectivity index is 1.18. The number of anilines is 2. The van der Waals surface area contributed by atoms with Gasteiger partial charge >= 0.3 is 0 Å². The summed E-state index contributed by atoms with van der Waals surface area (Å²) in [6.45, 7) is 4.14. The molecule has 2 aliphatic heterocycles. The number of nitrogens with one attached hydrogen (secondary N) is 1. The predicted molar refractivity (Wildman–Crippen MR) is 126 cm³/mol. The largest absolute Gasteiger partial charge is 0.381 e. The fraction of sp³-hybridized carbons (Fsp3) is 0.320. The van der Waals surface area contributed by atoms with E-state index in [2.05, 4.69) is 27.4 Å². The SMILES string of the molecule is O=C(Nc1cnn(-c2ccc(C(=O)N3CCN(c4ccccc4)CC3)cc2)c1)[C@@H]1CCOC1. The number of rotatable bonds is 5. The van der Waals surface area contributed by atoms with Crippen LogP contribution >= 0.6 is 0 Å². The second-order valence-corrected chi connectivity index (χ2v) is 8.39. The van der Waals surface area contributed by atoms with E-state index >= 15 is 0 Å². The van der Waals surface area contributed by atoms with Crippen molar-refractivity contribution in [2.75, 3.05) is 49.6 Å². The average molecular weight is 446 g/mol. The number of carbonyl (C=O) groups is 2.